The number of esters is 1. The van der Waals surface area contributed by atoms with E-state index < -0.39 is 24.8 Å². The first-order valence-electron chi connectivity index (χ1n) is 7.68. The molecule has 0 aliphatic rings. The van der Waals surface area contributed by atoms with Crippen LogP contribution in [0.5, 0.6) is 0 Å². The Morgan fingerprint density at radius 1 is 1.04 bits per heavy atom. The number of methoxy groups -OCH3 is 1. The van der Waals surface area contributed by atoms with Gasteiger partial charge in [0, 0.05) is 0 Å². The third-order valence-corrected chi connectivity index (χ3v) is 6.37. The molecule has 0 bridgehead atoms. The number of carbonyl (C=O) groups is 1. The number of benzene rings is 2. The summed E-state index contributed by atoms with van der Waals surface area (Å²) in [6.07, 6.45) is 0.334. The van der Waals surface area contributed by atoms with Crippen LogP contribution in [-0.4, -0.2) is 29.4 Å². The molecule has 128 valence electrons. The Labute approximate surface area is 141 Å². The summed E-state index contributed by atoms with van der Waals surface area (Å²) in [5.74, 6) is -1.75. The highest BCUT2D eigenvalue weighted by molar-refractivity contribution is 7.60. The van der Waals surface area contributed by atoms with E-state index in [4.69, 9.17) is 10.5 Å². The van der Waals surface area contributed by atoms with Gasteiger partial charge in [0.15, 0.2) is 0 Å². The number of nitrogens with two attached hydrogens (primary N) is 1. The fourth-order valence-corrected chi connectivity index (χ4v) is 4.37. The van der Waals surface area contributed by atoms with E-state index in [0.717, 1.165) is 11.1 Å². The van der Waals surface area contributed by atoms with Gasteiger partial charge in [0.05, 0.1) is 12.9 Å². The topological polar surface area (TPSA) is 89.6 Å². The van der Waals surface area contributed by atoms with Crippen molar-refractivity contribution in [2.45, 2.75) is 24.3 Å². The van der Waals surface area contributed by atoms with Gasteiger partial charge < -0.3 is 15.4 Å². The van der Waals surface area contributed by atoms with Crippen molar-refractivity contribution in [1.29, 1.82) is 0 Å². The van der Waals surface area contributed by atoms with Gasteiger partial charge in [-0.3, -0.25) is 9.36 Å². The molecule has 6 heteroatoms. The maximum Gasteiger partial charge on any atom is 0.318 e. The van der Waals surface area contributed by atoms with Crippen LogP contribution >= 0.6 is 7.37 Å². The van der Waals surface area contributed by atoms with Crippen molar-refractivity contribution in [1.82, 2.24) is 0 Å². The Hall–Kier alpha value is -1.94. The number of hydrogen-bond donors (Lipinski definition) is 2. The van der Waals surface area contributed by atoms with E-state index >= 15 is 0 Å². The molecule has 0 amide bonds. The zero-order valence-electron chi connectivity index (χ0n) is 13.5. The molecular formula is C18H22NO4P. The van der Waals surface area contributed by atoms with Crippen LogP contribution in [0.2, 0.25) is 0 Å². The van der Waals surface area contributed by atoms with Crippen molar-refractivity contribution in [3.63, 3.8) is 0 Å². The lowest BCUT2D eigenvalue weighted by atomic mass is 10.1. The van der Waals surface area contributed by atoms with Gasteiger partial charge in [-0.1, -0.05) is 60.7 Å². The van der Waals surface area contributed by atoms with E-state index in [9.17, 15) is 14.3 Å². The first-order chi connectivity index (χ1) is 11.4. The Morgan fingerprint density at radius 2 is 1.50 bits per heavy atom. The molecule has 3 N–H and O–H groups in total. The van der Waals surface area contributed by atoms with Gasteiger partial charge in [-0.05, 0) is 24.0 Å². The molecule has 0 aliphatic heterocycles. The van der Waals surface area contributed by atoms with Crippen LogP contribution in [0.25, 0.3) is 0 Å². The summed E-state index contributed by atoms with van der Waals surface area (Å²) in [5.41, 5.74) is 6.47. The molecule has 2 aromatic carbocycles. The molecule has 0 radical (unpaired) electrons. The second kappa shape index (κ2) is 8.25. The van der Waals surface area contributed by atoms with Crippen LogP contribution in [0.15, 0.2) is 60.7 Å². The monoisotopic (exact) mass is 347 g/mol. The van der Waals surface area contributed by atoms with Crippen molar-refractivity contribution < 1.29 is 19.0 Å². The highest BCUT2D eigenvalue weighted by Crippen LogP contribution is 2.51. The summed E-state index contributed by atoms with van der Waals surface area (Å²) in [5, 5.41) is 0. The second-order valence-electron chi connectivity index (χ2n) is 5.66. The molecule has 0 saturated carbocycles. The summed E-state index contributed by atoms with van der Waals surface area (Å²) in [6, 6.07) is 18.3. The smallest absolute Gasteiger partial charge is 0.318 e. The van der Waals surface area contributed by atoms with E-state index in [1.54, 1.807) is 12.1 Å². The largest absolute Gasteiger partial charge is 0.468 e. The molecule has 2 aromatic rings. The van der Waals surface area contributed by atoms with Gasteiger partial charge in [-0.15, -0.1) is 0 Å². The first-order valence-corrected chi connectivity index (χ1v) is 9.48. The lowest BCUT2D eigenvalue weighted by molar-refractivity contribution is -0.140. The molecule has 2 rings (SSSR count). The van der Waals surface area contributed by atoms with Crippen LogP contribution in [0, 0.1) is 0 Å². The van der Waals surface area contributed by atoms with Crippen LogP contribution in [0.1, 0.15) is 11.1 Å². The molecule has 0 heterocycles. The summed E-state index contributed by atoms with van der Waals surface area (Å²) in [4.78, 5) is 22.7. The number of carbonyl (C=O) groups excluding carboxylic acids is 1. The number of rotatable bonds is 7. The first kappa shape index (κ1) is 18.4. The van der Waals surface area contributed by atoms with E-state index in [1.165, 1.54) is 7.11 Å². The van der Waals surface area contributed by atoms with Crippen molar-refractivity contribution in [2.24, 2.45) is 5.73 Å². The minimum atomic E-state index is -3.99. The molecule has 0 aromatic heterocycles. The minimum absolute atomic E-state index is 0.115. The van der Waals surface area contributed by atoms with Crippen LogP contribution < -0.4 is 5.73 Å². The van der Waals surface area contributed by atoms with E-state index in [0.29, 0.717) is 0 Å². The zero-order valence-corrected chi connectivity index (χ0v) is 14.4. The predicted octanol–water partition coefficient (Wildman–Crippen LogP) is 2.57. The van der Waals surface area contributed by atoms with E-state index in [2.05, 4.69) is 0 Å². The van der Waals surface area contributed by atoms with Gasteiger partial charge in [0.2, 0.25) is 7.37 Å². The van der Waals surface area contributed by atoms with E-state index in [1.807, 2.05) is 48.5 Å². The van der Waals surface area contributed by atoms with Crippen LogP contribution in [0.4, 0.5) is 0 Å². The van der Waals surface area contributed by atoms with Crippen LogP contribution in [-0.2, 0) is 26.9 Å². The Kier molecular flexibility index (Phi) is 6.32. The molecule has 0 aliphatic carbocycles. The van der Waals surface area contributed by atoms with Gasteiger partial charge in [-0.2, -0.15) is 0 Å². The van der Waals surface area contributed by atoms with Gasteiger partial charge >= 0.3 is 5.97 Å². The average molecular weight is 347 g/mol. The Bertz CT molecular complexity index is 705. The number of ether oxygens (including phenoxy) is 1. The normalized spacial score (nSPS) is 16.0. The molecule has 3 atom stereocenters. The molecule has 24 heavy (non-hydrogen) atoms. The fourth-order valence-electron chi connectivity index (χ4n) is 2.56. The van der Waals surface area contributed by atoms with Gasteiger partial charge in [-0.25, -0.2) is 0 Å². The zero-order chi connectivity index (χ0) is 17.6. The van der Waals surface area contributed by atoms with Gasteiger partial charge in [0.1, 0.15) is 5.66 Å². The Balaban J connectivity index is 2.22. The van der Waals surface area contributed by atoms with E-state index in [-0.39, 0.29) is 12.8 Å². The highest BCUT2D eigenvalue weighted by Gasteiger charge is 2.42. The molecular weight excluding hydrogens is 325 g/mol. The molecule has 0 saturated heterocycles. The summed E-state index contributed by atoms with van der Waals surface area (Å²) < 4.78 is 17.7. The maximum absolute atomic E-state index is 13.0. The van der Waals surface area contributed by atoms with Crippen molar-refractivity contribution in [3.8, 4) is 0 Å². The summed E-state index contributed by atoms with van der Waals surface area (Å²) in [6.45, 7) is 0. The van der Waals surface area contributed by atoms with Crippen molar-refractivity contribution in [2.75, 3.05) is 7.11 Å². The summed E-state index contributed by atoms with van der Waals surface area (Å²) >= 11 is 0. The quantitative estimate of drug-likeness (QED) is 0.593. The van der Waals surface area contributed by atoms with Gasteiger partial charge in [0.25, 0.3) is 0 Å². The predicted molar refractivity (Wildman–Crippen MR) is 93.9 cm³/mol. The van der Waals surface area contributed by atoms with Crippen LogP contribution in [0.3, 0.4) is 0 Å². The van der Waals surface area contributed by atoms with Crippen molar-refractivity contribution >= 4 is 13.3 Å². The molecule has 0 spiro atoms. The third kappa shape index (κ3) is 4.54. The average Bonchev–Trinajstić information content (AvgIpc) is 2.60. The third-order valence-electron chi connectivity index (χ3n) is 3.95. The lowest BCUT2D eigenvalue weighted by Crippen LogP contribution is -2.34. The molecule has 0 fully saturated rings. The standard InChI is InChI=1S/C18H22NO4P/c1-23-18(20)16(12-14-8-4-2-5-9-14)24(21,22)17(19)13-15-10-6-3-7-11-15/h2-11,16-17H,12-13,19H2,1H3,(H,21,22)/t16-,17+/m0/s1. The minimum Gasteiger partial charge on any atom is -0.468 e. The fraction of sp³-hybridized carbons (Fsp3) is 0.278. The Morgan fingerprint density at radius 3 is 1.96 bits per heavy atom. The molecule has 5 nitrogen and oxygen atoms in total. The second-order valence-corrected chi connectivity index (χ2v) is 8.29. The van der Waals surface area contributed by atoms with Crippen molar-refractivity contribution in [3.05, 3.63) is 71.8 Å². The molecule has 1 unspecified atom stereocenters. The lowest BCUT2D eigenvalue weighted by Gasteiger charge is -2.26. The summed E-state index contributed by atoms with van der Waals surface area (Å²) in [7, 11) is -2.78. The SMILES string of the molecule is COC(=O)[C@H](Cc1ccccc1)P(=O)(O)[C@@H](N)Cc1ccccc1. The maximum atomic E-state index is 13.0. The highest BCUT2D eigenvalue weighted by atomic mass is 31.2. The number of hydrogen-bond acceptors (Lipinski definition) is 4.